The summed E-state index contributed by atoms with van der Waals surface area (Å²) in [6.07, 6.45) is 0.929. The number of hydrogen-bond acceptors (Lipinski definition) is 4. The second-order valence-corrected chi connectivity index (χ2v) is 6.04. The van der Waals surface area contributed by atoms with Gasteiger partial charge in [-0.1, -0.05) is 32.4 Å². The number of hydrogen-bond donors (Lipinski definition) is 0. The van der Waals surface area contributed by atoms with Crippen LogP contribution in [0.2, 0.25) is 5.15 Å². The zero-order valence-corrected chi connectivity index (χ0v) is 14.5. The Morgan fingerprint density at radius 2 is 1.90 bits per heavy atom. The quantitative estimate of drug-likeness (QED) is 0.758. The highest BCUT2D eigenvalue weighted by molar-refractivity contribution is 6.30. The Labute approximate surface area is 132 Å². The number of rotatable bonds is 6. The predicted octanol–water partition coefficient (Wildman–Crippen LogP) is 2.87. The Hall–Kier alpha value is -1.36. The van der Waals surface area contributed by atoms with Gasteiger partial charge in [0.05, 0.1) is 6.54 Å². The van der Waals surface area contributed by atoms with E-state index in [1.807, 2.05) is 25.7 Å². The van der Waals surface area contributed by atoms with Crippen molar-refractivity contribution in [1.29, 1.82) is 0 Å². The van der Waals surface area contributed by atoms with Gasteiger partial charge in [-0.3, -0.25) is 4.79 Å². The van der Waals surface area contributed by atoms with Crippen molar-refractivity contribution in [3.63, 3.8) is 0 Å². The molecule has 0 fully saturated rings. The van der Waals surface area contributed by atoms with Crippen molar-refractivity contribution in [2.75, 3.05) is 32.1 Å². The summed E-state index contributed by atoms with van der Waals surface area (Å²) in [5.41, 5.74) is 0.820. The maximum Gasteiger partial charge on any atom is 0.241 e. The fourth-order valence-corrected chi connectivity index (χ4v) is 2.07. The molecule has 5 nitrogen and oxygen atoms in total. The van der Waals surface area contributed by atoms with Crippen LogP contribution in [0, 0.1) is 6.92 Å². The first-order valence-electron chi connectivity index (χ1n) is 7.27. The molecule has 0 aromatic carbocycles. The van der Waals surface area contributed by atoms with E-state index in [2.05, 4.69) is 16.9 Å². The lowest BCUT2D eigenvalue weighted by Crippen LogP contribution is -2.38. The molecule has 0 atom stereocenters. The third kappa shape index (κ3) is 4.56. The minimum atomic E-state index is 0.0451. The summed E-state index contributed by atoms with van der Waals surface area (Å²) in [6.45, 7) is 9.08. The Bertz CT molecular complexity index is 503. The van der Waals surface area contributed by atoms with Gasteiger partial charge < -0.3 is 9.80 Å². The summed E-state index contributed by atoms with van der Waals surface area (Å²) in [7, 11) is 3.51. The largest absolute Gasteiger partial charge is 0.347 e. The van der Waals surface area contributed by atoms with Crippen LogP contribution in [0.15, 0.2) is 0 Å². The molecular formula is C15H25ClN4O. The van der Waals surface area contributed by atoms with E-state index in [1.165, 1.54) is 0 Å². The first-order chi connectivity index (χ1) is 9.77. The van der Waals surface area contributed by atoms with Crippen molar-refractivity contribution >= 4 is 23.3 Å². The number of carbonyl (C=O) groups is 1. The number of halogens is 1. The van der Waals surface area contributed by atoms with Crippen LogP contribution in [0.1, 0.15) is 44.5 Å². The van der Waals surface area contributed by atoms with Gasteiger partial charge in [-0.2, -0.15) is 0 Å². The highest BCUT2D eigenvalue weighted by Gasteiger charge is 2.19. The van der Waals surface area contributed by atoms with Gasteiger partial charge in [0.2, 0.25) is 5.91 Å². The molecule has 0 saturated heterocycles. The van der Waals surface area contributed by atoms with Crippen LogP contribution in [0.4, 0.5) is 5.82 Å². The molecule has 21 heavy (non-hydrogen) atoms. The summed E-state index contributed by atoms with van der Waals surface area (Å²) in [5.74, 6) is 1.70. The van der Waals surface area contributed by atoms with Gasteiger partial charge in [0.1, 0.15) is 16.8 Å². The zero-order chi connectivity index (χ0) is 16.2. The number of likely N-dealkylation sites (N-methyl/N-ethyl adjacent to an activating group) is 1. The molecule has 0 radical (unpaired) electrons. The lowest BCUT2D eigenvalue weighted by molar-refractivity contribution is -0.127. The molecule has 0 saturated carbocycles. The van der Waals surface area contributed by atoms with E-state index in [1.54, 1.807) is 19.0 Å². The molecule has 0 spiro atoms. The first-order valence-corrected chi connectivity index (χ1v) is 7.64. The van der Waals surface area contributed by atoms with Crippen LogP contribution < -0.4 is 4.90 Å². The Kier molecular flexibility index (Phi) is 6.40. The van der Waals surface area contributed by atoms with Crippen LogP contribution in [0.3, 0.4) is 0 Å². The van der Waals surface area contributed by atoms with Gasteiger partial charge in [-0.15, -0.1) is 0 Å². The second-order valence-electron chi connectivity index (χ2n) is 5.69. The molecule has 6 heteroatoms. The molecule has 1 heterocycles. The first kappa shape index (κ1) is 17.7. The molecule has 0 aliphatic heterocycles. The molecule has 0 unspecified atom stereocenters. The minimum Gasteiger partial charge on any atom is -0.347 e. The van der Waals surface area contributed by atoms with Crippen molar-refractivity contribution in [3.05, 3.63) is 16.5 Å². The molecular weight excluding hydrogens is 288 g/mol. The normalized spacial score (nSPS) is 10.9. The summed E-state index contributed by atoms with van der Waals surface area (Å²) < 4.78 is 0. The van der Waals surface area contributed by atoms with E-state index in [0.717, 1.165) is 24.3 Å². The summed E-state index contributed by atoms with van der Waals surface area (Å²) in [5, 5.41) is 0.460. The molecule has 1 rings (SSSR count). The van der Waals surface area contributed by atoms with Crippen molar-refractivity contribution in [1.82, 2.24) is 14.9 Å². The van der Waals surface area contributed by atoms with Crippen molar-refractivity contribution in [2.24, 2.45) is 0 Å². The molecule has 1 aromatic rings. The van der Waals surface area contributed by atoms with Crippen LogP contribution in [0.5, 0.6) is 0 Å². The summed E-state index contributed by atoms with van der Waals surface area (Å²) in [4.78, 5) is 24.5. The maximum absolute atomic E-state index is 12.0. The molecule has 118 valence electrons. The predicted molar refractivity (Wildman–Crippen MR) is 87.1 cm³/mol. The lowest BCUT2D eigenvalue weighted by atomic mass is 10.2. The standard InChI is InChI=1S/C15H25ClN4O/c1-7-8-20(9-12(21)19(5)6)15-11(4)13(16)17-14(18-15)10(2)3/h10H,7-9H2,1-6H3. The van der Waals surface area contributed by atoms with E-state index in [-0.39, 0.29) is 11.8 Å². The number of nitrogens with zero attached hydrogens (tertiary/aromatic N) is 4. The minimum absolute atomic E-state index is 0.0451. The summed E-state index contributed by atoms with van der Waals surface area (Å²) >= 11 is 6.23. The molecule has 1 aromatic heterocycles. The highest BCUT2D eigenvalue weighted by atomic mass is 35.5. The van der Waals surface area contributed by atoms with E-state index in [9.17, 15) is 4.79 Å². The fourth-order valence-electron chi connectivity index (χ4n) is 1.89. The number of anilines is 1. The average Bonchev–Trinajstić information content (AvgIpc) is 2.40. The number of aromatic nitrogens is 2. The molecule has 0 aliphatic carbocycles. The van der Waals surface area contributed by atoms with Crippen molar-refractivity contribution in [3.8, 4) is 0 Å². The topological polar surface area (TPSA) is 49.3 Å². The zero-order valence-electron chi connectivity index (χ0n) is 13.8. The third-order valence-electron chi connectivity index (χ3n) is 3.21. The van der Waals surface area contributed by atoms with Crippen LogP contribution in [0.25, 0.3) is 0 Å². The number of carbonyl (C=O) groups excluding carboxylic acids is 1. The van der Waals surface area contributed by atoms with Gasteiger partial charge in [0.25, 0.3) is 0 Å². The van der Waals surface area contributed by atoms with E-state index < -0.39 is 0 Å². The Morgan fingerprint density at radius 1 is 1.29 bits per heavy atom. The van der Waals surface area contributed by atoms with Gasteiger partial charge in [0.15, 0.2) is 0 Å². The van der Waals surface area contributed by atoms with Gasteiger partial charge in [-0.05, 0) is 13.3 Å². The fraction of sp³-hybridized carbons (Fsp3) is 0.667. The van der Waals surface area contributed by atoms with Crippen LogP contribution >= 0.6 is 11.6 Å². The third-order valence-corrected chi connectivity index (χ3v) is 3.58. The molecule has 0 aliphatic rings. The average molecular weight is 313 g/mol. The SMILES string of the molecule is CCCN(CC(=O)N(C)C)c1nc(C(C)C)nc(Cl)c1C. The van der Waals surface area contributed by atoms with Crippen molar-refractivity contribution in [2.45, 2.75) is 40.0 Å². The van der Waals surface area contributed by atoms with Gasteiger partial charge >= 0.3 is 0 Å². The monoisotopic (exact) mass is 312 g/mol. The molecule has 0 N–H and O–H groups in total. The van der Waals surface area contributed by atoms with E-state index in [0.29, 0.717) is 17.5 Å². The smallest absolute Gasteiger partial charge is 0.241 e. The van der Waals surface area contributed by atoms with Crippen LogP contribution in [-0.4, -0.2) is 48.0 Å². The van der Waals surface area contributed by atoms with E-state index in [4.69, 9.17) is 11.6 Å². The summed E-state index contributed by atoms with van der Waals surface area (Å²) in [6, 6.07) is 0. The van der Waals surface area contributed by atoms with Gasteiger partial charge in [-0.25, -0.2) is 9.97 Å². The van der Waals surface area contributed by atoms with Gasteiger partial charge in [0, 0.05) is 32.1 Å². The lowest BCUT2D eigenvalue weighted by Gasteiger charge is -2.26. The second kappa shape index (κ2) is 7.59. The molecule has 0 bridgehead atoms. The van der Waals surface area contributed by atoms with Crippen LogP contribution in [-0.2, 0) is 4.79 Å². The molecule has 1 amide bonds. The highest BCUT2D eigenvalue weighted by Crippen LogP contribution is 2.26. The Balaban J connectivity index is 3.20. The van der Waals surface area contributed by atoms with Crippen molar-refractivity contribution < 1.29 is 4.79 Å². The maximum atomic E-state index is 12.0. The Morgan fingerprint density at radius 3 is 2.38 bits per heavy atom. The van der Waals surface area contributed by atoms with E-state index >= 15 is 0 Å². The number of amides is 1.